The van der Waals surface area contributed by atoms with E-state index in [2.05, 4.69) is 5.32 Å². The van der Waals surface area contributed by atoms with E-state index in [0.29, 0.717) is 26.1 Å². The van der Waals surface area contributed by atoms with Crippen LogP contribution in [0.2, 0.25) is 0 Å². The van der Waals surface area contributed by atoms with E-state index in [4.69, 9.17) is 4.74 Å². The average Bonchev–Trinajstić information content (AvgIpc) is 2.32. The first-order valence-corrected chi connectivity index (χ1v) is 5.68. The first kappa shape index (κ1) is 13.1. The molecule has 18 heavy (non-hydrogen) atoms. The Balaban J connectivity index is 2.15. The summed E-state index contributed by atoms with van der Waals surface area (Å²) in [5.74, 6) is -0.672. The molecule has 1 aliphatic heterocycles. The predicted octanol–water partition coefficient (Wildman–Crippen LogP) is 3.44. The van der Waals surface area contributed by atoms with Gasteiger partial charge in [0.15, 0.2) is 0 Å². The number of halogens is 4. The van der Waals surface area contributed by atoms with Gasteiger partial charge in [-0.05, 0) is 31.0 Å². The fraction of sp³-hybridized carbons (Fsp3) is 0.500. The first-order valence-electron chi connectivity index (χ1n) is 5.68. The van der Waals surface area contributed by atoms with Gasteiger partial charge in [0.25, 0.3) is 0 Å². The van der Waals surface area contributed by atoms with Crippen LogP contribution in [-0.4, -0.2) is 19.3 Å². The van der Waals surface area contributed by atoms with Crippen LogP contribution in [0.3, 0.4) is 0 Å². The lowest BCUT2D eigenvalue weighted by atomic mass is 10.1. The van der Waals surface area contributed by atoms with Crippen molar-refractivity contribution in [2.75, 3.05) is 18.5 Å². The fourth-order valence-corrected chi connectivity index (χ4v) is 1.87. The molecule has 0 aromatic heterocycles. The lowest BCUT2D eigenvalue weighted by Gasteiger charge is -2.24. The van der Waals surface area contributed by atoms with Crippen LogP contribution in [0, 0.1) is 5.82 Å². The maximum absolute atomic E-state index is 13.5. The number of benzene rings is 1. The summed E-state index contributed by atoms with van der Waals surface area (Å²) in [6.45, 7) is 1.08. The zero-order valence-corrected chi connectivity index (χ0v) is 9.56. The molecule has 6 heteroatoms. The van der Waals surface area contributed by atoms with Crippen molar-refractivity contribution in [2.24, 2.45) is 0 Å². The second-order valence-electron chi connectivity index (χ2n) is 4.22. The lowest BCUT2D eigenvalue weighted by molar-refractivity contribution is -0.137. The summed E-state index contributed by atoms with van der Waals surface area (Å²) < 4.78 is 56.1. The van der Waals surface area contributed by atoms with Crippen molar-refractivity contribution in [3.63, 3.8) is 0 Å². The van der Waals surface area contributed by atoms with Gasteiger partial charge in [-0.1, -0.05) is 0 Å². The molecule has 100 valence electrons. The van der Waals surface area contributed by atoms with Crippen LogP contribution in [0.5, 0.6) is 0 Å². The van der Waals surface area contributed by atoms with Crippen molar-refractivity contribution >= 4 is 5.69 Å². The summed E-state index contributed by atoms with van der Waals surface area (Å²) in [4.78, 5) is 0. The molecule has 0 bridgehead atoms. The maximum Gasteiger partial charge on any atom is 0.416 e. The summed E-state index contributed by atoms with van der Waals surface area (Å²) in [6.07, 6.45) is -3.13. The van der Waals surface area contributed by atoms with Crippen molar-refractivity contribution in [1.29, 1.82) is 0 Å². The minimum absolute atomic E-state index is 0.0447. The van der Waals surface area contributed by atoms with Crippen molar-refractivity contribution in [3.05, 3.63) is 29.6 Å². The minimum Gasteiger partial charge on any atom is -0.381 e. The summed E-state index contributed by atoms with van der Waals surface area (Å²) in [7, 11) is 0. The normalized spacial score (nSPS) is 17.8. The molecule has 0 saturated carbocycles. The highest BCUT2D eigenvalue weighted by atomic mass is 19.4. The van der Waals surface area contributed by atoms with Crippen molar-refractivity contribution < 1.29 is 22.3 Å². The van der Waals surface area contributed by atoms with E-state index >= 15 is 0 Å². The maximum atomic E-state index is 13.5. The number of hydrogen-bond donors (Lipinski definition) is 1. The monoisotopic (exact) mass is 263 g/mol. The first-order chi connectivity index (χ1) is 8.47. The van der Waals surface area contributed by atoms with Crippen LogP contribution in [0.4, 0.5) is 23.2 Å². The Morgan fingerprint density at radius 1 is 1.17 bits per heavy atom. The van der Waals surface area contributed by atoms with Crippen LogP contribution in [0.1, 0.15) is 18.4 Å². The van der Waals surface area contributed by atoms with E-state index in [-0.39, 0.29) is 11.7 Å². The number of alkyl halides is 3. The van der Waals surface area contributed by atoms with Gasteiger partial charge in [0.05, 0.1) is 11.3 Å². The second kappa shape index (κ2) is 5.14. The smallest absolute Gasteiger partial charge is 0.381 e. The van der Waals surface area contributed by atoms with Crippen molar-refractivity contribution in [1.82, 2.24) is 0 Å². The Morgan fingerprint density at radius 3 is 2.44 bits per heavy atom. The van der Waals surface area contributed by atoms with Gasteiger partial charge in [-0.15, -0.1) is 0 Å². The third-order valence-electron chi connectivity index (χ3n) is 2.87. The van der Waals surface area contributed by atoms with E-state index in [1.165, 1.54) is 0 Å². The highest BCUT2D eigenvalue weighted by molar-refractivity contribution is 5.48. The molecule has 0 amide bonds. The van der Waals surface area contributed by atoms with E-state index in [0.717, 1.165) is 18.2 Å². The number of hydrogen-bond acceptors (Lipinski definition) is 2. The SMILES string of the molecule is Fc1ccc(C(F)(F)F)cc1NC1CCOCC1. The van der Waals surface area contributed by atoms with Gasteiger partial charge in [-0.3, -0.25) is 0 Å². The molecule has 1 heterocycles. The Hall–Kier alpha value is -1.30. The van der Waals surface area contributed by atoms with Crippen LogP contribution < -0.4 is 5.32 Å². The summed E-state index contributed by atoms with van der Waals surface area (Å²) in [5, 5.41) is 2.81. The molecular formula is C12H13F4NO. The molecule has 0 spiro atoms. The molecule has 1 saturated heterocycles. The highest BCUT2D eigenvalue weighted by Gasteiger charge is 2.31. The molecule has 0 aliphatic carbocycles. The van der Waals surface area contributed by atoms with E-state index in [1.54, 1.807) is 0 Å². The molecule has 1 aliphatic rings. The van der Waals surface area contributed by atoms with Crippen LogP contribution >= 0.6 is 0 Å². The van der Waals surface area contributed by atoms with Crippen LogP contribution in [0.15, 0.2) is 18.2 Å². The molecule has 1 N–H and O–H groups in total. The molecule has 2 rings (SSSR count). The van der Waals surface area contributed by atoms with Crippen LogP contribution in [-0.2, 0) is 10.9 Å². The summed E-state index contributed by atoms with van der Waals surface area (Å²) >= 11 is 0. The number of anilines is 1. The van der Waals surface area contributed by atoms with Gasteiger partial charge in [-0.2, -0.15) is 13.2 Å². The third kappa shape index (κ3) is 3.13. The largest absolute Gasteiger partial charge is 0.416 e. The van der Waals surface area contributed by atoms with E-state index in [9.17, 15) is 17.6 Å². The molecule has 1 aromatic rings. The lowest BCUT2D eigenvalue weighted by Crippen LogP contribution is -2.28. The van der Waals surface area contributed by atoms with Gasteiger partial charge in [0, 0.05) is 19.3 Å². The molecule has 2 nitrogen and oxygen atoms in total. The third-order valence-corrected chi connectivity index (χ3v) is 2.87. The molecule has 0 radical (unpaired) electrons. The summed E-state index contributed by atoms with van der Waals surface area (Å²) in [6, 6.07) is 2.34. The van der Waals surface area contributed by atoms with Crippen molar-refractivity contribution in [3.8, 4) is 0 Å². The van der Waals surface area contributed by atoms with E-state index < -0.39 is 17.6 Å². The molecule has 1 aromatic carbocycles. The number of nitrogens with one attached hydrogen (secondary N) is 1. The number of ether oxygens (including phenoxy) is 1. The Labute approximate surface area is 102 Å². The van der Waals surface area contributed by atoms with Gasteiger partial charge in [0.1, 0.15) is 5.82 Å². The predicted molar refractivity (Wildman–Crippen MR) is 58.9 cm³/mol. The standard InChI is InChI=1S/C12H13F4NO/c13-10-2-1-8(12(14,15)16)7-11(10)17-9-3-5-18-6-4-9/h1-2,7,9,17H,3-6H2. The Morgan fingerprint density at radius 2 is 1.83 bits per heavy atom. The topological polar surface area (TPSA) is 21.3 Å². The fourth-order valence-electron chi connectivity index (χ4n) is 1.87. The quantitative estimate of drug-likeness (QED) is 0.825. The second-order valence-corrected chi connectivity index (χ2v) is 4.22. The van der Waals surface area contributed by atoms with Gasteiger partial charge in [0.2, 0.25) is 0 Å². The van der Waals surface area contributed by atoms with Crippen LogP contribution in [0.25, 0.3) is 0 Å². The Bertz CT molecular complexity index is 413. The van der Waals surface area contributed by atoms with Crippen molar-refractivity contribution in [2.45, 2.75) is 25.1 Å². The average molecular weight is 263 g/mol. The minimum atomic E-state index is -4.46. The Kier molecular flexibility index (Phi) is 3.75. The van der Waals surface area contributed by atoms with Gasteiger partial charge >= 0.3 is 6.18 Å². The highest BCUT2D eigenvalue weighted by Crippen LogP contribution is 2.32. The number of rotatable bonds is 2. The zero-order chi connectivity index (χ0) is 13.2. The van der Waals surface area contributed by atoms with Gasteiger partial charge in [-0.25, -0.2) is 4.39 Å². The van der Waals surface area contributed by atoms with Gasteiger partial charge < -0.3 is 10.1 Å². The molecule has 0 unspecified atom stereocenters. The van der Waals surface area contributed by atoms with E-state index in [1.807, 2.05) is 0 Å². The molecule has 0 atom stereocenters. The molecular weight excluding hydrogens is 250 g/mol. The summed E-state index contributed by atoms with van der Waals surface area (Å²) in [5.41, 5.74) is -0.949. The zero-order valence-electron chi connectivity index (χ0n) is 9.56. The molecule has 1 fully saturated rings.